The maximum atomic E-state index is 13.7. The second kappa shape index (κ2) is 6.04. The van der Waals surface area contributed by atoms with Crippen molar-refractivity contribution in [3.05, 3.63) is 52.3 Å². The first kappa shape index (κ1) is 14.8. The van der Waals surface area contributed by atoms with Crippen LogP contribution in [0.5, 0.6) is 0 Å². The number of nitrogens with one attached hydrogen (secondary N) is 2. The molecule has 7 nitrogen and oxygen atoms in total. The normalized spacial score (nSPS) is 16.0. The summed E-state index contributed by atoms with van der Waals surface area (Å²) in [6, 6.07) is 8.14. The van der Waals surface area contributed by atoms with E-state index in [1.807, 2.05) is 6.07 Å². The number of hydrogen-bond donors (Lipinski definition) is 2. The van der Waals surface area contributed by atoms with Gasteiger partial charge in [0.05, 0.1) is 12.1 Å². The van der Waals surface area contributed by atoms with Gasteiger partial charge < -0.3 is 9.88 Å². The fraction of sp³-hybridized carbons (Fsp3) is 0.312. The Morgan fingerprint density at radius 2 is 1.96 bits per heavy atom. The Labute approximate surface area is 137 Å². The maximum Gasteiger partial charge on any atom is 0.264 e. The van der Waals surface area contributed by atoms with Gasteiger partial charge in [0.1, 0.15) is 17.2 Å². The molecule has 1 aromatic carbocycles. The number of fused-ring (bicyclic) bond motifs is 1. The molecule has 4 rings (SSSR count). The number of nitrogens with zero attached hydrogens (tertiary/aromatic N) is 4. The quantitative estimate of drug-likeness (QED) is 0.753. The monoisotopic (exact) mass is 328 g/mol. The molecule has 0 radical (unpaired) electrons. The molecule has 3 aromatic rings. The number of para-hydroxylation sites is 1. The zero-order chi connectivity index (χ0) is 16.5. The molecule has 0 unspecified atom stereocenters. The van der Waals surface area contributed by atoms with E-state index in [-0.39, 0.29) is 11.4 Å². The molecule has 0 bridgehead atoms. The Morgan fingerprint density at radius 3 is 2.67 bits per heavy atom. The van der Waals surface area contributed by atoms with Crippen molar-refractivity contribution in [1.82, 2.24) is 25.1 Å². The first-order valence-electron chi connectivity index (χ1n) is 7.85. The Morgan fingerprint density at radius 1 is 1.12 bits per heavy atom. The number of H-pyrrole nitrogens is 2. The summed E-state index contributed by atoms with van der Waals surface area (Å²) in [5.41, 5.74) is 0.916. The van der Waals surface area contributed by atoms with Crippen LogP contribution in [-0.4, -0.2) is 51.2 Å². The van der Waals surface area contributed by atoms with Gasteiger partial charge in [-0.25, -0.2) is 14.5 Å². The predicted molar refractivity (Wildman–Crippen MR) is 88.4 cm³/mol. The van der Waals surface area contributed by atoms with Crippen LogP contribution in [0, 0.1) is 5.82 Å². The van der Waals surface area contributed by atoms with Gasteiger partial charge in [0, 0.05) is 32.2 Å². The molecular weight excluding hydrogens is 311 g/mol. The highest BCUT2D eigenvalue weighted by Gasteiger charge is 2.19. The third kappa shape index (κ3) is 2.88. The summed E-state index contributed by atoms with van der Waals surface area (Å²) in [5, 5.41) is 6.52. The molecule has 2 N–H and O–H groups in total. The van der Waals surface area contributed by atoms with Gasteiger partial charge >= 0.3 is 0 Å². The van der Waals surface area contributed by atoms with E-state index in [1.54, 1.807) is 12.1 Å². The largest absolute Gasteiger partial charge is 0.353 e. The molecule has 1 aliphatic heterocycles. The lowest BCUT2D eigenvalue weighted by Gasteiger charge is -2.34. The average molecular weight is 328 g/mol. The van der Waals surface area contributed by atoms with Crippen LogP contribution in [0.15, 0.2) is 35.1 Å². The number of aromatic amines is 2. The highest BCUT2D eigenvalue weighted by atomic mass is 19.1. The predicted octanol–water partition coefficient (Wildman–Crippen LogP) is 1.11. The van der Waals surface area contributed by atoms with E-state index in [2.05, 4.69) is 30.0 Å². The van der Waals surface area contributed by atoms with Crippen LogP contribution in [0.3, 0.4) is 0 Å². The number of halogens is 1. The topological polar surface area (TPSA) is 80.9 Å². The van der Waals surface area contributed by atoms with Gasteiger partial charge in [-0.2, -0.15) is 5.10 Å². The number of anilines is 1. The van der Waals surface area contributed by atoms with Gasteiger partial charge in [0.25, 0.3) is 5.56 Å². The molecule has 24 heavy (non-hydrogen) atoms. The van der Waals surface area contributed by atoms with Crippen LogP contribution >= 0.6 is 0 Å². The fourth-order valence-corrected chi connectivity index (χ4v) is 2.98. The second-order valence-electron chi connectivity index (χ2n) is 5.86. The lowest BCUT2D eigenvalue weighted by atomic mass is 10.3. The Balaban J connectivity index is 1.41. The second-order valence-corrected chi connectivity index (χ2v) is 5.86. The standard InChI is InChI=1S/C16H17FN6O/c17-11-2-1-3-12-16(11)19-13(18-12)10-22-6-8-23(9-7-22)14-4-5-15(24)21-20-14/h1-5H,6-10H2,(H,18,19)(H,21,24). The molecular formula is C16H17FN6O. The van der Waals surface area contributed by atoms with E-state index in [0.29, 0.717) is 12.1 Å². The minimum Gasteiger partial charge on any atom is -0.353 e. The van der Waals surface area contributed by atoms with E-state index in [1.165, 1.54) is 12.1 Å². The maximum absolute atomic E-state index is 13.7. The van der Waals surface area contributed by atoms with Crippen molar-refractivity contribution >= 4 is 16.9 Å². The van der Waals surface area contributed by atoms with Crippen molar-refractivity contribution < 1.29 is 4.39 Å². The van der Waals surface area contributed by atoms with E-state index < -0.39 is 0 Å². The summed E-state index contributed by atoms with van der Waals surface area (Å²) in [5.74, 6) is 1.25. The van der Waals surface area contributed by atoms with E-state index in [0.717, 1.165) is 43.3 Å². The van der Waals surface area contributed by atoms with Gasteiger partial charge in [0.2, 0.25) is 0 Å². The van der Waals surface area contributed by atoms with Crippen molar-refractivity contribution in [3.63, 3.8) is 0 Å². The van der Waals surface area contributed by atoms with Crippen molar-refractivity contribution in [3.8, 4) is 0 Å². The third-order valence-corrected chi connectivity index (χ3v) is 4.25. The number of hydrogen-bond acceptors (Lipinski definition) is 5. The molecule has 0 spiro atoms. The molecule has 124 valence electrons. The van der Waals surface area contributed by atoms with E-state index in [9.17, 15) is 9.18 Å². The number of piperazine rings is 1. The van der Waals surface area contributed by atoms with Gasteiger partial charge in [-0.3, -0.25) is 9.69 Å². The van der Waals surface area contributed by atoms with Crippen molar-refractivity contribution in [2.24, 2.45) is 0 Å². The van der Waals surface area contributed by atoms with Crippen molar-refractivity contribution in [2.75, 3.05) is 31.1 Å². The lowest BCUT2D eigenvalue weighted by Crippen LogP contribution is -2.46. The van der Waals surface area contributed by atoms with Gasteiger partial charge in [-0.15, -0.1) is 0 Å². The summed E-state index contributed by atoms with van der Waals surface area (Å²) in [6.07, 6.45) is 0. The first-order valence-corrected chi connectivity index (χ1v) is 7.85. The zero-order valence-corrected chi connectivity index (χ0v) is 13.0. The molecule has 1 saturated heterocycles. The number of aromatic nitrogens is 4. The van der Waals surface area contributed by atoms with Crippen LogP contribution in [0.25, 0.3) is 11.0 Å². The minimum absolute atomic E-state index is 0.200. The third-order valence-electron chi connectivity index (χ3n) is 4.25. The Kier molecular flexibility index (Phi) is 3.73. The number of rotatable bonds is 3. The van der Waals surface area contributed by atoms with Gasteiger partial charge in [-0.1, -0.05) is 6.07 Å². The Bertz CT molecular complexity index is 892. The molecule has 1 fully saturated rings. The average Bonchev–Trinajstić information content (AvgIpc) is 3.00. The van der Waals surface area contributed by atoms with Crippen LogP contribution in [0.2, 0.25) is 0 Å². The molecule has 0 saturated carbocycles. The fourth-order valence-electron chi connectivity index (χ4n) is 2.98. The first-order chi connectivity index (χ1) is 11.7. The number of imidazole rings is 1. The van der Waals surface area contributed by atoms with Gasteiger partial charge in [0.15, 0.2) is 5.82 Å². The van der Waals surface area contributed by atoms with Crippen LogP contribution in [0.4, 0.5) is 10.2 Å². The molecule has 0 amide bonds. The Hall–Kier alpha value is -2.74. The summed E-state index contributed by atoms with van der Waals surface area (Å²) in [7, 11) is 0. The zero-order valence-electron chi connectivity index (χ0n) is 13.0. The van der Waals surface area contributed by atoms with Crippen LogP contribution in [0.1, 0.15) is 5.82 Å². The minimum atomic E-state index is -0.302. The lowest BCUT2D eigenvalue weighted by molar-refractivity contribution is 0.244. The van der Waals surface area contributed by atoms with Crippen LogP contribution in [-0.2, 0) is 6.54 Å². The van der Waals surface area contributed by atoms with E-state index in [4.69, 9.17) is 0 Å². The van der Waals surface area contributed by atoms with E-state index >= 15 is 0 Å². The molecule has 0 atom stereocenters. The molecule has 8 heteroatoms. The highest BCUT2D eigenvalue weighted by Crippen LogP contribution is 2.17. The smallest absolute Gasteiger partial charge is 0.264 e. The summed E-state index contributed by atoms with van der Waals surface area (Å²) >= 11 is 0. The van der Waals surface area contributed by atoms with Gasteiger partial charge in [-0.05, 0) is 18.2 Å². The van der Waals surface area contributed by atoms with Crippen molar-refractivity contribution in [1.29, 1.82) is 0 Å². The van der Waals surface area contributed by atoms with Crippen LogP contribution < -0.4 is 10.5 Å². The molecule has 3 heterocycles. The molecule has 1 aliphatic rings. The summed E-state index contributed by atoms with van der Waals surface area (Å²) in [4.78, 5) is 23.0. The SMILES string of the molecule is O=c1ccc(N2CCN(Cc3nc4c(F)cccc4[nH]3)CC2)n[nH]1. The summed E-state index contributed by atoms with van der Waals surface area (Å²) in [6.45, 7) is 3.98. The summed E-state index contributed by atoms with van der Waals surface area (Å²) < 4.78 is 13.7. The number of benzene rings is 1. The molecule has 0 aliphatic carbocycles. The molecule has 2 aromatic heterocycles. The van der Waals surface area contributed by atoms with Crippen molar-refractivity contribution in [2.45, 2.75) is 6.54 Å². The highest BCUT2D eigenvalue weighted by molar-refractivity contribution is 5.75.